The molecule has 0 aromatic rings. The average Bonchev–Trinajstić information content (AvgIpc) is 2.32. The van der Waals surface area contributed by atoms with Gasteiger partial charge in [-0.25, -0.2) is 0 Å². The molecule has 0 amide bonds. The van der Waals surface area contributed by atoms with Crippen LogP contribution in [-0.4, -0.2) is 22.8 Å². The largest absolute Gasteiger partial charge is 0.458 e. The van der Waals surface area contributed by atoms with Gasteiger partial charge in [-0.1, -0.05) is 32.6 Å². The van der Waals surface area contributed by atoms with Crippen molar-refractivity contribution in [2.24, 2.45) is 11.8 Å². The highest BCUT2D eigenvalue weighted by atomic mass is 16.5. The van der Waals surface area contributed by atoms with Crippen molar-refractivity contribution in [1.82, 2.24) is 0 Å². The summed E-state index contributed by atoms with van der Waals surface area (Å²) in [6.45, 7) is 11.7. The van der Waals surface area contributed by atoms with Gasteiger partial charge in [0, 0.05) is 6.92 Å². The first-order chi connectivity index (χ1) is 9.21. The van der Waals surface area contributed by atoms with Crippen LogP contribution < -0.4 is 0 Å². The standard InChI is InChI=1S/C17H28O3/c1-12(2)15-7-6-13(3)16(20-14(4)18)9-11-17(5,19)10-8-15/h8,10,12,15-16,19H,3,6-7,9,11H2,1-2,4-5H3/b10-8+/t15-,16+,17+/m1/s1. The third kappa shape index (κ3) is 5.49. The van der Waals surface area contributed by atoms with Gasteiger partial charge in [-0.15, -0.1) is 0 Å². The molecule has 0 aliphatic heterocycles. The molecule has 0 saturated carbocycles. The fourth-order valence-corrected chi connectivity index (χ4v) is 2.55. The molecule has 0 aromatic heterocycles. The zero-order valence-electron chi connectivity index (χ0n) is 13.2. The average molecular weight is 280 g/mol. The summed E-state index contributed by atoms with van der Waals surface area (Å²) < 4.78 is 5.35. The SMILES string of the molecule is C=C1CC[C@@H](C(C)C)/C=C/[C@](C)(O)CC[C@@H]1OC(C)=O. The van der Waals surface area contributed by atoms with Crippen LogP contribution in [0.4, 0.5) is 0 Å². The summed E-state index contributed by atoms with van der Waals surface area (Å²) in [5.74, 6) is 0.638. The van der Waals surface area contributed by atoms with E-state index in [1.807, 2.05) is 6.08 Å². The number of carbonyl (C=O) groups excluding carboxylic acids is 1. The molecule has 0 bridgehead atoms. The zero-order valence-corrected chi connectivity index (χ0v) is 13.2. The highest BCUT2D eigenvalue weighted by Gasteiger charge is 2.25. The summed E-state index contributed by atoms with van der Waals surface area (Å²) in [6.07, 6.45) is 6.75. The maximum Gasteiger partial charge on any atom is 0.303 e. The van der Waals surface area contributed by atoms with Crippen molar-refractivity contribution in [2.75, 3.05) is 0 Å². The van der Waals surface area contributed by atoms with Crippen molar-refractivity contribution in [3.8, 4) is 0 Å². The van der Waals surface area contributed by atoms with E-state index in [4.69, 9.17) is 4.74 Å². The van der Waals surface area contributed by atoms with Crippen molar-refractivity contribution in [3.63, 3.8) is 0 Å². The Kier molecular flexibility index (Phi) is 6.00. The number of carbonyl (C=O) groups is 1. The predicted octanol–water partition coefficient (Wildman–Crippen LogP) is 3.63. The fourth-order valence-electron chi connectivity index (χ4n) is 2.55. The third-order valence-corrected chi connectivity index (χ3v) is 4.03. The molecule has 3 nitrogen and oxygen atoms in total. The van der Waals surface area contributed by atoms with E-state index in [9.17, 15) is 9.90 Å². The highest BCUT2D eigenvalue weighted by Crippen LogP contribution is 2.29. The topological polar surface area (TPSA) is 46.5 Å². The lowest BCUT2D eigenvalue weighted by Crippen LogP contribution is -2.28. The fraction of sp³-hybridized carbons (Fsp3) is 0.706. The van der Waals surface area contributed by atoms with Crippen LogP contribution in [0.3, 0.4) is 0 Å². The molecule has 20 heavy (non-hydrogen) atoms. The molecule has 0 radical (unpaired) electrons. The van der Waals surface area contributed by atoms with Crippen LogP contribution in [0.25, 0.3) is 0 Å². The lowest BCUT2D eigenvalue weighted by Gasteiger charge is -2.28. The van der Waals surface area contributed by atoms with E-state index >= 15 is 0 Å². The number of aliphatic hydroxyl groups is 1. The Balaban J connectivity index is 2.89. The molecule has 1 rings (SSSR count). The third-order valence-electron chi connectivity index (χ3n) is 4.03. The van der Waals surface area contributed by atoms with Crippen LogP contribution in [0.1, 0.15) is 53.4 Å². The first kappa shape index (κ1) is 17.0. The molecule has 1 aliphatic rings. The molecule has 0 heterocycles. The smallest absolute Gasteiger partial charge is 0.303 e. The normalized spacial score (nSPS) is 33.8. The van der Waals surface area contributed by atoms with E-state index in [0.717, 1.165) is 18.4 Å². The van der Waals surface area contributed by atoms with E-state index in [0.29, 0.717) is 24.7 Å². The van der Waals surface area contributed by atoms with Crippen molar-refractivity contribution in [1.29, 1.82) is 0 Å². The first-order valence-electron chi connectivity index (χ1n) is 7.48. The monoisotopic (exact) mass is 280 g/mol. The quantitative estimate of drug-likeness (QED) is 0.620. The van der Waals surface area contributed by atoms with Crippen LogP contribution in [0.15, 0.2) is 24.3 Å². The number of hydrogen-bond acceptors (Lipinski definition) is 3. The Morgan fingerprint density at radius 1 is 1.50 bits per heavy atom. The van der Waals surface area contributed by atoms with E-state index in [-0.39, 0.29) is 12.1 Å². The van der Waals surface area contributed by atoms with Gasteiger partial charge >= 0.3 is 5.97 Å². The van der Waals surface area contributed by atoms with Crippen LogP contribution >= 0.6 is 0 Å². The molecule has 0 fully saturated rings. The summed E-state index contributed by atoms with van der Waals surface area (Å²) >= 11 is 0. The van der Waals surface area contributed by atoms with Crippen LogP contribution in [0.2, 0.25) is 0 Å². The van der Waals surface area contributed by atoms with E-state index < -0.39 is 5.60 Å². The van der Waals surface area contributed by atoms with Crippen molar-refractivity contribution in [2.45, 2.75) is 65.1 Å². The molecule has 3 atom stereocenters. The lowest BCUT2D eigenvalue weighted by molar-refractivity contribution is -0.145. The molecular formula is C17H28O3. The molecule has 3 heteroatoms. The molecule has 114 valence electrons. The van der Waals surface area contributed by atoms with Gasteiger partial charge in [-0.3, -0.25) is 4.79 Å². The van der Waals surface area contributed by atoms with Gasteiger partial charge in [0.25, 0.3) is 0 Å². The Morgan fingerprint density at radius 3 is 2.70 bits per heavy atom. The van der Waals surface area contributed by atoms with Crippen LogP contribution in [-0.2, 0) is 9.53 Å². The lowest BCUT2D eigenvalue weighted by atomic mass is 9.84. The van der Waals surface area contributed by atoms with Crippen molar-refractivity contribution in [3.05, 3.63) is 24.3 Å². The van der Waals surface area contributed by atoms with Crippen molar-refractivity contribution >= 4 is 5.97 Å². The molecule has 0 aromatic carbocycles. The summed E-state index contributed by atoms with van der Waals surface area (Å²) in [7, 11) is 0. The number of allylic oxidation sites excluding steroid dienone is 1. The molecule has 0 unspecified atom stereocenters. The highest BCUT2D eigenvalue weighted by molar-refractivity contribution is 5.66. The summed E-state index contributed by atoms with van der Waals surface area (Å²) in [5.41, 5.74) is 0.0975. The van der Waals surface area contributed by atoms with Gasteiger partial charge in [-0.05, 0) is 50.0 Å². The predicted molar refractivity (Wildman–Crippen MR) is 81.3 cm³/mol. The minimum absolute atomic E-state index is 0.279. The molecule has 1 aliphatic carbocycles. The summed E-state index contributed by atoms with van der Waals surface area (Å²) in [5, 5.41) is 10.4. The summed E-state index contributed by atoms with van der Waals surface area (Å²) in [6, 6.07) is 0. The van der Waals surface area contributed by atoms with Gasteiger partial charge in [0.05, 0.1) is 5.60 Å². The molecular weight excluding hydrogens is 252 g/mol. The second-order valence-corrected chi connectivity index (χ2v) is 6.46. The molecule has 1 N–H and O–H groups in total. The maximum atomic E-state index is 11.2. The van der Waals surface area contributed by atoms with E-state index in [1.54, 1.807) is 6.92 Å². The number of esters is 1. The Bertz CT molecular complexity index is 380. The van der Waals surface area contributed by atoms with Gasteiger partial charge in [0.2, 0.25) is 0 Å². The van der Waals surface area contributed by atoms with Crippen LogP contribution in [0.5, 0.6) is 0 Å². The number of hydrogen-bond donors (Lipinski definition) is 1. The second kappa shape index (κ2) is 7.07. The second-order valence-electron chi connectivity index (χ2n) is 6.46. The first-order valence-corrected chi connectivity index (χ1v) is 7.48. The Labute approximate surface area is 122 Å². The van der Waals surface area contributed by atoms with Gasteiger partial charge in [-0.2, -0.15) is 0 Å². The Hall–Kier alpha value is -1.09. The van der Waals surface area contributed by atoms with Gasteiger partial charge < -0.3 is 9.84 Å². The van der Waals surface area contributed by atoms with E-state index in [1.165, 1.54) is 6.92 Å². The van der Waals surface area contributed by atoms with Crippen LogP contribution in [0, 0.1) is 11.8 Å². The summed E-state index contributed by atoms with van der Waals surface area (Å²) in [4.78, 5) is 11.2. The molecule has 0 spiro atoms. The minimum Gasteiger partial charge on any atom is -0.458 e. The minimum atomic E-state index is -0.858. The number of ether oxygens (including phenoxy) is 1. The maximum absolute atomic E-state index is 11.2. The van der Waals surface area contributed by atoms with Gasteiger partial charge in [0.1, 0.15) is 6.10 Å². The molecule has 0 saturated heterocycles. The van der Waals surface area contributed by atoms with E-state index in [2.05, 4.69) is 26.5 Å². The zero-order chi connectivity index (χ0) is 15.3. The number of rotatable bonds is 2. The Morgan fingerprint density at radius 2 is 2.15 bits per heavy atom. The van der Waals surface area contributed by atoms with Gasteiger partial charge in [0.15, 0.2) is 0 Å². The van der Waals surface area contributed by atoms with Crippen molar-refractivity contribution < 1.29 is 14.6 Å².